The number of aryl methyl sites for hydroxylation is 1. The van der Waals surface area contributed by atoms with Crippen LogP contribution in [0.2, 0.25) is 10.0 Å². The van der Waals surface area contributed by atoms with Gasteiger partial charge in [-0.3, -0.25) is 10.4 Å². The van der Waals surface area contributed by atoms with Crippen molar-refractivity contribution in [2.75, 3.05) is 5.43 Å². The lowest BCUT2D eigenvalue weighted by atomic mass is 10.2. The minimum Gasteiger partial charge on any atom is -0.382 e. The molecule has 0 atom stereocenters. The molecular weight excluding hydrogens is 283 g/mol. The first-order chi connectivity index (χ1) is 9.08. The van der Waals surface area contributed by atoms with Gasteiger partial charge in [0.2, 0.25) is 0 Å². The highest BCUT2D eigenvalue weighted by molar-refractivity contribution is 6.39. The fourth-order valence-electron chi connectivity index (χ4n) is 1.46. The van der Waals surface area contributed by atoms with Crippen molar-refractivity contribution in [3.05, 3.63) is 57.8 Å². The van der Waals surface area contributed by atoms with Crippen LogP contribution in [-0.4, -0.2) is 10.8 Å². The quantitative estimate of drug-likeness (QED) is 0.518. The summed E-state index contributed by atoms with van der Waals surface area (Å²) in [5.74, 6) is 0.206. The van der Waals surface area contributed by atoms with E-state index in [1.165, 1.54) is 18.0 Å². The number of nitrogens with two attached hydrogens (primary N) is 1. The molecule has 0 amide bonds. The SMILES string of the molecule is Cc1ccc(N/N=C(\N)c2c(Cl)cncc2Cl)cc1. The molecule has 19 heavy (non-hydrogen) atoms. The maximum Gasteiger partial charge on any atom is 0.154 e. The number of aromatic nitrogens is 1. The molecule has 0 aliphatic rings. The van der Waals surface area contributed by atoms with Gasteiger partial charge in [-0.05, 0) is 19.1 Å². The Hall–Kier alpha value is -1.78. The number of hydrogen-bond acceptors (Lipinski definition) is 3. The summed E-state index contributed by atoms with van der Waals surface area (Å²) < 4.78 is 0. The zero-order valence-electron chi connectivity index (χ0n) is 10.2. The van der Waals surface area contributed by atoms with Crippen LogP contribution in [0.5, 0.6) is 0 Å². The Bertz CT molecular complexity index is 588. The van der Waals surface area contributed by atoms with E-state index in [-0.39, 0.29) is 5.84 Å². The van der Waals surface area contributed by atoms with Gasteiger partial charge in [0, 0.05) is 12.4 Å². The molecule has 2 rings (SSSR count). The molecule has 0 aliphatic carbocycles. The van der Waals surface area contributed by atoms with E-state index in [2.05, 4.69) is 15.5 Å². The number of nitrogens with one attached hydrogen (secondary N) is 1. The molecule has 0 unspecified atom stereocenters. The summed E-state index contributed by atoms with van der Waals surface area (Å²) >= 11 is 12.0. The Morgan fingerprint density at radius 2 is 1.74 bits per heavy atom. The number of halogens is 2. The first-order valence-electron chi connectivity index (χ1n) is 5.53. The number of anilines is 1. The lowest BCUT2D eigenvalue weighted by molar-refractivity contribution is 1.28. The predicted molar refractivity (Wildman–Crippen MR) is 79.8 cm³/mol. The van der Waals surface area contributed by atoms with Gasteiger partial charge < -0.3 is 5.73 Å². The third kappa shape index (κ3) is 3.36. The minimum atomic E-state index is 0.206. The molecule has 0 aliphatic heterocycles. The van der Waals surface area contributed by atoms with Gasteiger partial charge in [-0.25, -0.2) is 0 Å². The number of pyridine rings is 1. The van der Waals surface area contributed by atoms with Crippen molar-refractivity contribution in [3.63, 3.8) is 0 Å². The first-order valence-corrected chi connectivity index (χ1v) is 6.28. The van der Waals surface area contributed by atoms with Gasteiger partial charge in [0.25, 0.3) is 0 Å². The molecule has 4 nitrogen and oxygen atoms in total. The fraction of sp³-hybridized carbons (Fsp3) is 0.0769. The molecule has 0 radical (unpaired) electrons. The summed E-state index contributed by atoms with van der Waals surface area (Å²) in [5, 5.41) is 4.78. The van der Waals surface area contributed by atoms with Crippen LogP contribution in [-0.2, 0) is 0 Å². The highest BCUT2D eigenvalue weighted by atomic mass is 35.5. The molecule has 0 saturated heterocycles. The summed E-state index contributed by atoms with van der Waals surface area (Å²) in [6.07, 6.45) is 2.94. The molecular formula is C13H12Cl2N4. The number of amidine groups is 1. The van der Waals surface area contributed by atoms with Crippen LogP contribution in [0, 0.1) is 6.92 Å². The van der Waals surface area contributed by atoms with E-state index in [1.807, 2.05) is 31.2 Å². The Morgan fingerprint density at radius 3 is 2.32 bits per heavy atom. The molecule has 1 aromatic carbocycles. The normalized spacial score (nSPS) is 11.4. The van der Waals surface area contributed by atoms with Crippen LogP contribution in [0.1, 0.15) is 11.1 Å². The van der Waals surface area contributed by atoms with Crippen molar-refractivity contribution in [2.24, 2.45) is 10.8 Å². The number of benzene rings is 1. The lowest BCUT2D eigenvalue weighted by Crippen LogP contribution is -2.16. The Morgan fingerprint density at radius 1 is 1.16 bits per heavy atom. The highest BCUT2D eigenvalue weighted by Crippen LogP contribution is 2.22. The van der Waals surface area contributed by atoms with Gasteiger partial charge >= 0.3 is 0 Å². The van der Waals surface area contributed by atoms with E-state index in [1.54, 1.807) is 0 Å². The summed E-state index contributed by atoms with van der Waals surface area (Å²) in [5.41, 5.74) is 11.2. The standard InChI is InChI=1S/C13H12Cl2N4/c1-8-2-4-9(5-3-8)18-19-13(16)12-10(14)6-17-7-11(12)15/h2-7,18H,1H3,(H2,16,19). The van der Waals surface area contributed by atoms with Crippen molar-refractivity contribution in [1.29, 1.82) is 0 Å². The molecule has 0 fully saturated rings. The van der Waals surface area contributed by atoms with E-state index >= 15 is 0 Å². The van der Waals surface area contributed by atoms with Crippen molar-refractivity contribution in [3.8, 4) is 0 Å². The number of hydrazone groups is 1. The largest absolute Gasteiger partial charge is 0.382 e. The van der Waals surface area contributed by atoms with Gasteiger partial charge in [0.05, 0.1) is 21.3 Å². The van der Waals surface area contributed by atoms with E-state index in [0.717, 1.165) is 5.69 Å². The van der Waals surface area contributed by atoms with Gasteiger partial charge in [-0.2, -0.15) is 5.10 Å². The third-order valence-corrected chi connectivity index (χ3v) is 3.04. The second kappa shape index (κ2) is 5.91. The molecule has 6 heteroatoms. The molecule has 0 saturated carbocycles. The van der Waals surface area contributed by atoms with Crippen LogP contribution in [0.25, 0.3) is 0 Å². The Labute approximate surface area is 121 Å². The maximum absolute atomic E-state index is 5.99. The average Bonchev–Trinajstić information content (AvgIpc) is 2.38. The van der Waals surface area contributed by atoms with Gasteiger partial charge in [-0.1, -0.05) is 40.9 Å². The summed E-state index contributed by atoms with van der Waals surface area (Å²) in [7, 11) is 0. The second-order valence-corrected chi connectivity index (χ2v) is 4.77. The fourth-order valence-corrected chi connectivity index (χ4v) is 2.02. The van der Waals surface area contributed by atoms with E-state index in [4.69, 9.17) is 28.9 Å². The number of rotatable bonds is 3. The van der Waals surface area contributed by atoms with Crippen LogP contribution in [0.4, 0.5) is 5.69 Å². The Kier molecular flexibility index (Phi) is 4.24. The van der Waals surface area contributed by atoms with Crippen LogP contribution >= 0.6 is 23.2 Å². The van der Waals surface area contributed by atoms with Gasteiger partial charge in [0.15, 0.2) is 5.84 Å². The Balaban J connectivity index is 2.22. The molecule has 98 valence electrons. The first kappa shape index (κ1) is 13.6. The van der Waals surface area contributed by atoms with Crippen molar-refractivity contribution in [2.45, 2.75) is 6.92 Å². The summed E-state index contributed by atoms with van der Waals surface area (Å²) in [4.78, 5) is 3.86. The number of hydrogen-bond donors (Lipinski definition) is 2. The summed E-state index contributed by atoms with van der Waals surface area (Å²) in [6, 6.07) is 7.75. The number of nitrogens with zero attached hydrogens (tertiary/aromatic N) is 2. The molecule has 1 heterocycles. The van der Waals surface area contributed by atoms with Crippen molar-refractivity contribution in [1.82, 2.24) is 4.98 Å². The zero-order chi connectivity index (χ0) is 13.8. The van der Waals surface area contributed by atoms with Crippen molar-refractivity contribution < 1.29 is 0 Å². The molecule has 1 aromatic heterocycles. The monoisotopic (exact) mass is 294 g/mol. The van der Waals surface area contributed by atoms with Gasteiger partial charge in [-0.15, -0.1) is 0 Å². The summed E-state index contributed by atoms with van der Waals surface area (Å²) in [6.45, 7) is 2.01. The van der Waals surface area contributed by atoms with Gasteiger partial charge in [0.1, 0.15) is 0 Å². The molecule has 0 spiro atoms. The van der Waals surface area contributed by atoms with Crippen molar-refractivity contribution >= 4 is 34.7 Å². The zero-order valence-corrected chi connectivity index (χ0v) is 11.7. The smallest absolute Gasteiger partial charge is 0.154 e. The second-order valence-electron chi connectivity index (χ2n) is 3.95. The predicted octanol–water partition coefficient (Wildman–Crippen LogP) is 3.43. The highest BCUT2D eigenvalue weighted by Gasteiger charge is 2.10. The van der Waals surface area contributed by atoms with Crippen LogP contribution in [0.3, 0.4) is 0 Å². The topological polar surface area (TPSA) is 63.3 Å². The van der Waals surface area contributed by atoms with Crippen LogP contribution < -0.4 is 11.2 Å². The molecule has 3 N–H and O–H groups in total. The van der Waals surface area contributed by atoms with Crippen LogP contribution in [0.15, 0.2) is 41.8 Å². The third-order valence-electron chi connectivity index (χ3n) is 2.47. The van der Waals surface area contributed by atoms with E-state index < -0.39 is 0 Å². The average molecular weight is 295 g/mol. The molecule has 2 aromatic rings. The van der Waals surface area contributed by atoms with E-state index in [0.29, 0.717) is 15.6 Å². The van der Waals surface area contributed by atoms with E-state index in [9.17, 15) is 0 Å². The maximum atomic E-state index is 5.99. The minimum absolute atomic E-state index is 0.206. The lowest BCUT2D eigenvalue weighted by Gasteiger charge is -2.06. The molecule has 0 bridgehead atoms.